The standard InChI is InChI=1S/2C10H15.2ClH.Zr/c2*1-8-5-6-9(7-8)10(2,3)4;;;/h2*5-7H,1-4H3;2*1H;/q2*-1;;;+4/p-2. The van der Waals surface area contributed by atoms with Crippen molar-refractivity contribution < 1.29 is 51.0 Å². The van der Waals surface area contributed by atoms with Gasteiger partial charge in [0.1, 0.15) is 0 Å². The number of hydrogen-bond acceptors (Lipinski definition) is 0. The summed E-state index contributed by atoms with van der Waals surface area (Å²) in [5.41, 5.74) is 6.23. The Bertz CT molecular complexity index is 486. The van der Waals surface area contributed by atoms with E-state index in [-0.39, 0.29) is 51.0 Å². The van der Waals surface area contributed by atoms with Gasteiger partial charge in [-0.2, -0.15) is 46.5 Å². The number of halogens is 2. The molecule has 0 bridgehead atoms. The number of aryl methyl sites for hydroxylation is 2. The summed E-state index contributed by atoms with van der Waals surface area (Å²) in [6.45, 7) is 17.7. The van der Waals surface area contributed by atoms with Crippen LogP contribution in [0.3, 0.4) is 0 Å². The van der Waals surface area contributed by atoms with Crippen LogP contribution in [0.5, 0.6) is 0 Å². The van der Waals surface area contributed by atoms with Gasteiger partial charge in [0.2, 0.25) is 0 Å². The summed E-state index contributed by atoms with van der Waals surface area (Å²) < 4.78 is 0. The largest absolute Gasteiger partial charge is 4.00 e. The van der Waals surface area contributed by atoms with Crippen molar-refractivity contribution in [2.45, 2.75) is 66.2 Å². The molecule has 0 aliphatic carbocycles. The van der Waals surface area contributed by atoms with Crippen molar-refractivity contribution in [3.05, 3.63) is 58.7 Å². The Morgan fingerprint density at radius 3 is 1.00 bits per heavy atom. The van der Waals surface area contributed by atoms with E-state index in [1.165, 1.54) is 22.3 Å². The zero-order valence-electron chi connectivity index (χ0n) is 15.7. The Morgan fingerprint density at radius 2 is 0.913 bits per heavy atom. The van der Waals surface area contributed by atoms with E-state index in [0.717, 1.165) is 0 Å². The second-order valence-electron chi connectivity index (χ2n) is 7.85. The fourth-order valence-corrected chi connectivity index (χ4v) is 2.06. The molecule has 0 amide bonds. The first-order valence-corrected chi connectivity index (χ1v) is 7.48. The minimum Gasteiger partial charge on any atom is -1.00 e. The average molecular weight is 433 g/mol. The molecule has 0 heterocycles. The molecule has 0 atom stereocenters. The van der Waals surface area contributed by atoms with Gasteiger partial charge >= 0.3 is 26.2 Å². The third kappa shape index (κ3) is 9.90. The molecule has 0 unspecified atom stereocenters. The van der Waals surface area contributed by atoms with E-state index < -0.39 is 0 Å². The van der Waals surface area contributed by atoms with E-state index in [1.54, 1.807) is 0 Å². The van der Waals surface area contributed by atoms with Crippen molar-refractivity contribution in [1.29, 1.82) is 0 Å². The van der Waals surface area contributed by atoms with Crippen LogP contribution < -0.4 is 24.8 Å². The molecule has 2 aromatic carbocycles. The summed E-state index contributed by atoms with van der Waals surface area (Å²) in [5.74, 6) is 0. The van der Waals surface area contributed by atoms with E-state index in [1.807, 2.05) is 0 Å². The van der Waals surface area contributed by atoms with Crippen molar-refractivity contribution in [1.82, 2.24) is 0 Å². The molecule has 0 aliphatic heterocycles. The third-order valence-corrected chi connectivity index (χ3v) is 3.55. The molecule has 2 rings (SSSR count). The molecule has 3 heteroatoms. The van der Waals surface area contributed by atoms with E-state index in [4.69, 9.17) is 0 Å². The van der Waals surface area contributed by atoms with Crippen molar-refractivity contribution in [2.24, 2.45) is 0 Å². The average Bonchev–Trinajstić information content (AvgIpc) is 2.85. The molecule has 23 heavy (non-hydrogen) atoms. The van der Waals surface area contributed by atoms with Crippen molar-refractivity contribution >= 4 is 0 Å². The summed E-state index contributed by atoms with van der Waals surface area (Å²) in [4.78, 5) is 0. The third-order valence-electron chi connectivity index (χ3n) is 3.55. The Labute approximate surface area is 175 Å². The molecule has 0 radical (unpaired) electrons. The molecule has 0 aliphatic rings. The van der Waals surface area contributed by atoms with Crippen LogP contribution in [0.15, 0.2) is 36.4 Å². The van der Waals surface area contributed by atoms with Gasteiger partial charge in [0, 0.05) is 0 Å². The fraction of sp³-hybridized carbons (Fsp3) is 0.500. The summed E-state index contributed by atoms with van der Waals surface area (Å²) in [5, 5.41) is 0. The topological polar surface area (TPSA) is 0 Å². The summed E-state index contributed by atoms with van der Waals surface area (Å²) in [6, 6.07) is 13.2. The van der Waals surface area contributed by atoms with E-state index in [2.05, 4.69) is 91.8 Å². The Hall–Kier alpha value is 0.163. The fourth-order valence-electron chi connectivity index (χ4n) is 2.06. The summed E-state index contributed by atoms with van der Waals surface area (Å²) in [6.07, 6.45) is 0. The number of rotatable bonds is 0. The van der Waals surface area contributed by atoms with Gasteiger partial charge in [0.15, 0.2) is 0 Å². The molecule has 128 valence electrons. The Kier molecular flexibility index (Phi) is 13.3. The minimum absolute atomic E-state index is 0. The van der Waals surface area contributed by atoms with Gasteiger partial charge in [-0.25, -0.2) is 12.1 Å². The zero-order chi connectivity index (χ0) is 15.6. The quantitative estimate of drug-likeness (QED) is 0.516. The van der Waals surface area contributed by atoms with Gasteiger partial charge in [-0.3, -0.25) is 0 Å². The minimum atomic E-state index is 0. The van der Waals surface area contributed by atoms with Crippen LogP contribution in [0.1, 0.15) is 63.8 Å². The van der Waals surface area contributed by atoms with Crippen LogP contribution in [0.25, 0.3) is 0 Å². The van der Waals surface area contributed by atoms with Crippen LogP contribution in [-0.4, -0.2) is 0 Å². The normalized spacial score (nSPS) is 10.4. The van der Waals surface area contributed by atoms with Crippen molar-refractivity contribution in [2.75, 3.05) is 0 Å². The van der Waals surface area contributed by atoms with E-state index >= 15 is 0 Å². The molecule has 2 aromatic rings. The first kappa shape index (κ1) is 28.0. The Morgan fingerprint density at radius 1 is 0.652 bits per heavy atom. The second-order valence-corrected chi connectivity index (χ2v) is 7.85. The van der Waals surface area contributed by atoms with Gasteiger partial charge in [0.05, 0.1) is 0 Å². The second kappa shape index (κ2) is 10.9. The molecule has 0 saturated carbocycles. The maximum Gasteiger partial charge on any atom is 4.00 e. The zero-order valence-corrected chi connectivity index (χ0v) is 19.7. The van der Waals surface area contributed by atoms with Gasteiger partial charge in [-0.15, -0.1) is 0 Å². The summed E-state index contributed by atoms with van der Waals surface area (Å²) >= 11 is 0. The van der Waals surface area contributed by atoms with Crippen LogP contribution in [0.2, 0.25) is 0 Å². The van der Waals surface area contributed by atoms with Gasteiger partial charge in [0.25, 0.3) is 0 Å². The van der Waals surface area contributed by atoms with Crippen LogP contribution in [-0.2, 0) is 37.0 Å². The number of hydrogen-bond donors (Lipinski definition) is 0. The first-order valence-electron chi connectivity index (χ1n) is 7.48. The molecule has 0 N–H and O–H groups in total. The molecule has 0 saturated heterocycles. The molecule has 0 spiro atoms. The Balaban J connectivity index is -0.000000308. The maximum atomic E-state index is 2.25. The van der Waals surface area contributed by atoms with Gasteiger partial charge in [-0.05, 0) is 0 Å². The van der Waals surface area contributed by atoms with E-state index in [0.29, 0.717) is 10.8 Å². The molecule has 0 aromatic heterocycles. The molecule has 0 fully saturated rings. The van der Waals surface area contributed by atoms with E-state index in [9.17, 15) is 0 Å². The molecular weight excluding hydrogens is 402 g/mol. The predicted octanol–water partition coefficient (Wildman–Crippen LogP) is 0.0283. The van der Waals surface area contributed by atoms with Crippen molar-refractivity contribution in [3.8, 4) is 0 Å². The van der Waals surface area contributed by atoms with Gasteiger partial charge in [-0.1, -0.05) is 66.2 Å². The summed E-state index contributed by atoms with van der Waals surface area (Å²) in [7, 11) is 0. The van der Waals surface area contributed by atoms with Crippen LogP contribution >= 0.6 is 0 Å². The SMILES string of the molecule is C[c-]1ccc(C(C)(C)C)c1.C[c-]1ccc(C(C)(C)C)c1.[Cl-].[Cl-].[Zr+4]. The maximum absolute atomic E-state index is 2.25. The van der Waals surface area contributed by atoms with Crippen LogP contribution in [0.4, 0.5) is 0 Å². The monoisotopic (exact) mass is 430 g/mol. The van der Waals surface area contributed by atoms with Crippen LogP contribution in [0, 0.1) is 13.8 Å². The van der Waals surface area contributed by atoms with Gasteiger partial charge < -0.3 is 24.8 Å². The molecule has 0 nitrogen and oxygen atoms in total. The van der Waals surface area contributed by atoms with Crippen molar-refractivity contribution in [3.63, 3.8) is 0 Å². The smallest absolute Gasteiger partial charge is 1.00 e. The first-order chi connectivity index (χ1) is 9.00. The molecular formula is C20H30Cl2Zr. The predicted molar refractivity (Wildman–Crippen MR) is 90.9 cm³/mol.